The summed E-state index contributed by atoms with van der Waals surface area (Å²) in [7, 11) is -3.56. The lowest BCUT2D eigenvalue weighted by Gasteiger charge is -2.08. The number of rotatable bonds is 4. The Morgan fingerprint density at radius 2 is 2.17 bits per heavy atom. The van der Waals surface area contributed by atoms with E-state index >= 15 is 0 Å². The first kappa shape index (κ1) is 14.6. The van der Waals surface area contributed by atoms with Gasteiger partial charge >= 0.3 is 0 Å². The molecule has 0 aliphatic heterocycles. The number of amides is 1. The first-order valence-electron chi connectivity index (χ1n) is 5.04. The van der Waals surface area contributed by atoms with Crippen molar-refractivity contribution >= 4 is 33.0 Å². The van der Waals surface area contributed by atoms with E-state index in [9.17, 15) is 13.2 Å². The smallest absolute Gasteiger partial charge is 0.239 e. The topological polar surface area (TPSA) is 63.2 Å². The molecule has 0 saturated carbocycles. The molecule has 0 spiro atoms. The summed E-state index contributed by atoms with van der Waals surface area (Å²) in [5.74, 6) is 0.294. The van der Waals surface area contributed by atoms with Crippen LogP contribution in [0, 0.1) is 19.3 Å². The van der Waals surface area contributed by atoms with Crippen molar-refractivity contribution in [1.29, 1.82) is 0 Å². The van der Waals surface area contributed by atoms with E-state index in [1.807, 2.05) is 5.92 Å². The maximum absolute atomic E-state index is 11.6. The van der Waals surface area contributed by atoms with Crippen LogP contribution < -0.4 is 5.32 Å². The van der Waals surface area contributed by atoms with Gasteiger partial charge in [0.2, 0.25) is 5.91 Å². The van der Waals surface area contributed by atoms with Crippen LogP contribution in [0.3, 0.4) is 0 Å². The lowest BCUT2D eigenvalue weighted by Crippen LogP contribution is -2.24. The van der Waals surface area contributed by atoms with Gasteiger partial charge in [-0.05, 0) is 24.6 Å². The van der Waals surface area contributed by atoms with Gasteiger partial charge in [-0.25, -0.2) is 8.42 Å². The highest BCUT2D eigenvalue weighted by Crippen LogP contribution is 2.20. The van der Waals surface area contributed by atoms with Gasteiger partial charge in [-0.3, -0.25) is 4.79 Å². The minimum absolute atomic E-state index is 0.449. The molecule has 1 rings (SSSR count). The number of sulfone groups is 1. The van der Waals surface area contributed by atoms with Gasteiger partial charge < -0.3 is 5.32 Å². The number of halogens is 1. The minimum Gasteiger partial charge on any atom is -0.325 e. The van der Waals surface area contributed by atoms with E-state index in [1.54, 1.807) is 25.1 Å². The predicted octanol–water partition coefficient (Wildman–Crippen LogP) is 1.63. The van der Waals surface area contributed by atoms with Gasteiger partial charge in [0.1, 0.15) is 11.5 Å². The molecule has 0 aliphatic rings. The highest BCUT2D eigenvalue weighted by molar-refractivity contribution is 7.92. The maximum atomic E-state index is 11.6. The zero-order valence-corrected chi connectivity index (χ0v) is 11.3. The molecule has 0 unspecified atom stereocenters. The summed E-state index contributed by atoms with van der Waals surface area (Å²) < 4.78 is 22.7. The largest absolute Gasteiger partial charge is 0.325 e. The summed E-state index contributed by atoms with van der Waals surface area (Å²) in [5, 5.41) is 2.95. The Bertz CT molecular complexity index is 602. The van der Waals surface area contributed by atoms with E-state index in [1.165, 1.54) is 0 Å². The number of carbonyl (C=O) groups is 1. The molecule has 0 saturated heterocycles. The lowest BCUT2D eigenvalue weighted by molar-refractivity contribution is -0.113. The molecular weight excluding hydrogens is 274 g/mol. The molecule has 0 radical (unpaired) electrons. The van der Waals surface area contributed by atoms with Crippen LogP contribution in [0.5, 0.6) is 0 Å². The monoisotopic (exact) mass is 285 g/mol. The third-order valence-electron chi connectivity index (χ3n) is 2.13. The number of aryl methyl sites for hydroxylation is 1. The fourth-order valence-corrected chi connectivity index (χ4v) is 2.29. The Morgan fingerprint density at radius 3 is 2.78 bits per heavy atom. The first-order chi connectivity index (χ1) is 8.34. The van der Waals surface area contributed by atoms with Crippen molar-refractivity contribution < 1.29 is 13.2 Å². The van der Waals surface area contributed by atoms with Gasteiger partial charge in [0.15, 0.2) is 9.84 Å². The van der Waals surface area contributed by atoms with Crippen LogP contribution in [-0.2, 0) is 14.6 Å². The molecule has 0 aromatic heterocycles. The summed E-state index contributed by atoms with van der Waals surface area (Å²) in [6, 6.07) is 4.97. The standard InChI is InChI=1S/C12H12ClNO3S/c1-3-6-18(16,17)8-12(15)14-11-7-10(13)5-4-9(11)2/h1,4-5,7H,6,8H2,2H3,(H,14,15). The van der Waals surface area contributed by atoms with Crippen LogP contribution in [0.4, 0.5) is 5.69 Å². The molecule has 1 aromatic carbocycles. The third kappa shape index (κ3) is 4.40. The van der Waals surface area contributed by atoms with Gasteiger partial charge in [-0.2, -0.15) is 0 Å². The number of benzene rings is 1. The Morgan fingerprint density at radius 1 is 1.50 bits per heavy atom. The SMILES string of the molecule is C#CCS(=O)(=O)CC(=O)Nc1cc(Cl)ccc1C. The molecule has 0 fully saturated rings. The van der Waals surface area contributed by atoms with Crippen molar-refractivity contribution in [2.75, 3.05) is 16.8 Å². The quantitative estimate of drug-likeness (QED) is 0.856. The lowest BCUT2D eigenvalue weighted by atomic mass is 10.2. The third-order valence-corrected chi connectivity index (χ3v) is 3.67. The zero-order chi connectivity index (χ0) is 13.8. The van der Waals surface area contributed by atoms with Crippen LogP contribution >= 0.6 is 11.6 Å². The highest BCUT2D eigenvalue weighted by Gasteiger charge is 2.16. The number of hydrogen-bond acceptors (Lipinski definition) is 3. The molecule has 0 bridgehead atoms. The number of hydrogen-bond donors (Lipinski definition) is 1. The van der Waals surface area contributed by atoms with Crippen molar-refractivity contribution in [1.82, 2.24) is 0 Å². The summed E-state index contributed by atoms with van der Waals surface area (Å²) in [6.45, 7) is 1.78. The number of nitrogens with one attached hydrogen (secondary N) is 1. The number of anilines is 1. The molecule has 96 valence electrons. The molecule has 18 heavy (non-hydrogen) atoms. The summed E-state index contributed by atoms with van der Waals surface area (Å²) >= 11 is 5.79. The molecule has 1 amide bonds. The van der Waals surface area contributed by atoms with Crippen molar-refractivity contribution in [3.63, 3.8) is 0 Å². The molecule has 4 nitrogen and oxygen atoms in total. The van der Waals surface area contributed by atoms with E-state index in [4.69, 9.17) is 18.0 Å². The van der Waals surface area contributed by atoms with E-state index in [-0.39, 0.29) is 0 Å². The van der Waals surface area contributed by atoms with Crippen LogP contribution in [0.2, 0.25) is 5.02 Å². The van der Waals surface area contributed by atoms with Crippen LogP contribution in [-0.4, -0.2) is 25.8 Å². The van der Waals surface area contributed by atoms with Gasteiger partial charge in [0.05, 0.1) is 0 Å². The fourth-order valence-electron chi connectivity index (χ4n) is 1.29. The molecule has 1 N–H and O–H groups in total. The highest BCUT2D eigenvalue weighted by atomic mass is 35.5. The normalized spacial score (nSPS) is 10.7. The average molecular weight is 286 g/mol. The van der Waals surface area contributed by atoms with Crippen molar-refractivity contribution in [2.24, 2.45) is 0 Å². The van der Waals surface area contributed by atoms with Crippen molar-refractivity contribution in [3.05, 3.63) is 28.8 Å². The molecule has 1 aromatic rings. The second-order valence-corrected chi connectivity index (χ2v) is 6.24. The summed E-state index contributed by atoms with van der Waals surface area (Å²) in [6.07, 6.45) is 4.91. The second kappa shape index (κ2) is 5.89. The van der Waals surface area contributed by atoms with Crippen molar-refractivity contribution in [3.8, 4) is 12.3 Å². The van der Waals surface area contributed by atoms with Crippen LogP contribution in [0.15, 0.2) is 18.2 Å². The van der Waals surface area contributed by atoms with Gasteiger partial charge in [0.25, 0.3) is 0 Å². The molecular formula is C12H12ClNO3S. The first-order valence-corrected chi connectivity index (χ1v) is 7.24. The van der Waals surface area contributed by atoms with Crippen LogP contribution in [0.1, 0.15) is 5.56 Å². The van der Waals surface area contributed by atoms with E-state index in [0.29, 0.717) is 10.7 Å². The van der Waals surface area contributed by atoms with E-state index in [2.05, 4.69) is 5.32 Å². The summed E-state index contributed by atoms with van der Waals surface area (Å²) in [5.41, 5.74) is 1.28. The molecule has 0 heterocycles. The molecule has 0 atom stereocenters. The van der Waals surface area contributed by atoms with Crippen LogP contribution in [0.25, 0.3) is 0 Å². The molecule has 6 heteroatoms. The fraction of sp³-hybridized carbons (Fsp3) is 0.250. The molecule has 0 aliphatic carbocycles. The van der Waals surface area contributed by atoms with Gasteiger partial charge in [-0.1, -0.05) is 23.6 Å². The van der Waals surface area contributed by atoms with Gasteiger partial charge in [-0.15, -0.1) is 6.42 Å². The average Bonchev–Trinajstić information content (AvgIpc) is 2.22. The van der Waals surface area contributed by atoms with Crippen molar-refractivity contribution in [2.45, 2.75) is 6.92 Å². The Kier molecular flexibility index (Phi) is 4.76. The Labute approximate surface area is 111 Å². The Hall–Kier alpha value is -1.51. The zero-order valence-electron chi connectivity index (χ0n) is 9.73. The Balaban J connectivity index is 2.77. The predicted molar refractivity (Wildman–Crippen MR) is 72.3 cm³/mol. The van der Waals surface area contributed by atoms with E-state index in [0.717, 1.165) is 5.56 Å². The number of carbonyl (C=O) groups excluding carboxylic acids is 1. The van der Waals surface area contributed by atoms with Gasteiger partial charge in [0, 0.05) is 10.7 Å². The minimum atomic E-state index is -3.56. The maximum Gasteiger partial charge on any atom is 0.239 e. The number of terminal acetylenes is 1. The van der Waals surface area contributed by atoms with E-state index < -0.39 is 27.3 Å². The second-order valence-electron chi connectivity index (χ2n) is 3.74. The summed E-state index contributed by atoms with van der Waals surface area (Å²) in [4.78, 5) is 11.6.